The maximum absolute atomic E-state index is 4.81. The Labute approximate surface area is 88.8 Å². The fourth-order valence-electron chi connectivity index (χ4n) is 0.375. The third-order valence-electron chi connectivity index (χ3n) is 1.31. The molecule has 70 valence electrons. The van der Waals surface area contributed by atoms with E-state index in [1.807, 2.05) is 0 Å². The summed E-state index contributed by atoms with van der Waals surface area (Å²) in [4.78, 5) is 0. The van der Waals surface area contributed by atoms with Crippen LogP contribution in [0.5, 0.6) is 0 Å². The van der Waals surface area contributed by atoms with Crippen molar-refractivity contribution in [1.29, 1.82) is 0 Å². The third kappa shape index (κ3) is 11.6. The Morgan fingerprint density at radius 3 is 1.27 bits per heavy atom. The van der Waals surface area contributed by atoms with E-state index in [1.54, 1.807) is 10.6 Å². The Kier molecular flexibility index (Phi) is 15.9. The minimum atomic E-state index is -0.106. The van der Waals surface area contributed by atoms with Crippen LogP contribution in [0.3, 0.4) is 0 Å². The second-order valence-electron chi connectivity index (χ2n) is 1.80. The van der Waals surface area contributed by atoms with Gasteiger partial charge < -0.3 is 0 Å². The van der Waals surface area contributed by atoms with Gasteiger partial charge in [0.2, 0.25) is 0 Å². The van der Waals surface area contributed by atoms with Crippen molar-refractivity contribution in [1.82, 2.24) is 0 Å². The van der Waals surface area contributed by atoms with Crippen LogP contribution in [0, 0.1) is 0 Å². The average molecular weight is 325 g/mol. The predicted octanol–water partition coefficient (Wildman–Crippen LogP) is 3.36. The van der Waals surface area contributed by atoms with Gasteiger partial charge in [0, 0.05) is 13.8 Å². The van der Waals surface area contributed by atoms with Crippen LogP contribution in [-0.2, 0) is 15.9 Å². The van der Waals surface area contributed by atoms with E-state index in [4.69, 9.17) is 19.1 Å². The molecule has 0 aliphatic rings. The van der Waals surface area contributed by atoms with Gasteiger partial charge in [-0.05, 0) is 0 Å². The first-order valence-electron chi connectivity index (χ1n) is 2.99. The summed E-state index contributed by atoms with van der Waals surface area (Å²) < 4.78 is 0. The number of rotatable bonds is 1. The van der Waals surface area contributed by atoms with E-state index < -0.39 is 0 Å². The normalized spacial score (nSPS) is 12.5. The Balaban J connectivity index is 0. The fourth-order valence-corrected chi connectivity index (χ4v) is 1.88. The topological polar surface area (TPSA) is 0 Å². The van der Waals surface area contributed by atoms with Crippen molar-refractivity contribution in [3.63, 3.8) is 0 Å². The van der Waals surface area contributed by atoms with Crippen LogP contribution in [0.1, 0.15) is 13.8 Å². The monoisotopic (exact) mass is 324 g/mol. The summed E-state index contributed by atoms with van der Waals surface area (Å²) in [5.74, 6) is 0. The quantitative estimate of drug-likeness (QED) is 0.512. The summed E-state index contributed by atoms with van der Waals surface area (Å²) in [7, 11) is 11.6. The third-order valence-corrected chi connectivity index (χ3v) is 3.81. The molecule has 0 spiro atoms. The van der Waals surface area contributed by atoms with Crippen LogP contribution in [0.2, 0.25) is 0 Å². The van der Waals surface area contributed by atoms with Crippen LogP contribution in [0.25, 0.3) is 0 Å². The summed E-state index contributed by atoms with van der Waals surface area (Å²) in [5, 5.41) is 3.18. The van der Waals surface area contributed by atoms with Crippen molar-refractivity contribution in [2.75, 3.05) is 13.3 Å². The molecule has 0 amide bonds. The molecular formula is C6H14Cl2P2Pd+2. The predicted molar refractivity (Wildman–Crippen MR) is 61.5 cm³/mol. The molecule has 2 atom stereocenters. The van der Waals surface area contributed by atoms with Gasteiger partial charge in [0.05, 0.1) is 29.7 Å². The van der Waals surface area contributed by atoms with Gasteiger partial charge >= 0.3 is 35.0 Å². The Morgan fingerprint density at radius 1 is 1.00 bits per heavy atom. The van der Waals surface area contributed by atoms with Crippen LogP contribution in [0.4, 0.5) is 0 Å². The Morgan fingerprint density at radius 2 is 1.18 bits per heavy atom. The van der Waals surface area contributed by atoms with Gasteiger partial charge in [-0.2, -0.15) is 0 Å². The summed E-state index contributed by atoms with van der Waals surface area (Å²) in [6, 6.07) is 0. The van der Waals surface area contributed by atoms with Crippen LogP contribution < -0.4 is 0 Å². The van der Waals surface area contributed by atoms with Crippen LogP contribution in [-0.4, -0.2) is 23.9 Å². The zero-order valence-electron chi connectivity index (χ0n) is 7.07. The first-order chi connectivity index (χ1) is 5.13. The van der Waals surface area contributed by atoms with Crippen LogP contribution >= 0.6 is 35.5 Å². The molecule has 0 bridgehead atoms. The van der Waals surface area contributed by atoms with E-state index in [1.165, 1.54) is 0 Å². The Hall–Kier alpha value is 1.58. The van der Waals surface area contributed by atoms with Gasteiger partial charge in [0.1, 0.15) is 0 Å². The second-order valence-corrected chi connectivity index (χ2v) is 6.66. The molecule has 0 aliphatic carbocycles. The molecule has 0 rings (SSSR count). The number of halogens is 2. The molecule has 0 N–H and O–H groups in total. The zero-order chi connectivity index (χ0) is 9.28. The van der Waals surface area contributed by atoms with Crippen molar-refractivity contribution in [3.8, 4) is 0 Å². The molecule has 0 aromatic heterocycles. The molecule has 2 unspecified atom stereocenters. The molecule has 0 fully saturated rings. The van der Waals surface area contributed by atoms with E-state index >= 15 is 0 Å². The van der Waals surface area contributed by atoms with Gasteiger partial charge in [-0.15, -0.1) is 0 Å². The zero-order valence-corrected chi connectivity index (χ0v) is 12.1. The van der Waals surface area contributed by atoms with Gasteiger partial charge in [-0.25, -0.2) is 0 Å². The van der Waals surface area contributed by atoms with Crippen molar-refractivity contribution in [2.24, 2.45) is 0 Å². The van der Waals surface area contributed by atoms with Crippen molar-refractivity contribution in [3.05, 3.63) is 0 Å². The maximum atomic E-state index is 4.81. The molecule has 11 heavy (non-hydrogen) atoms. The summed E-state index contributed by atoms with van der Waals surface area (Å²) in [6.45, 7) is 8.92. The molecule has 0 saturated heterocycles. The molecule has 0 aliphatic heterocycles. The fraction of sp³-hybridized carbons (Fsp3) is 0.667. The summed E-state index contributed by atoms with van der Waals surface area (Å²) >= 11 is -0.106. The summed E-state index contributed by atoms with van der Waals surface area (Å²) in [5.41, 5.74) is 0. The number of hydrogen-bond acceptors (Lipinski definition) is 0. The van der Waals surface area contributed by atoms with Crippen molar-refractivity contribution < 1.29 is 15.9 Å². The van der Waals surface area contributed by atoms with E-state index in [2.05, 4.69) is 27.2 Å². The Bertz CT molecular complexity index is 130. The van der Waals surface area contributed by atoms with E-state index in [9.17, 15) is 0 Å². The van der Waals surface area contributed by atoms with E-state index in [0.717, 1.165) is 16.4 Å². The van der Waals surface area contributed by atoms with Gasteiger partial charge in [0.25, 0.3) is 0 Å². The van der Waals surface area contributed by atoms with Gasteiger partial charge in [0.15, 0.2) is 10.6 Å². The molecule has 0 aromatic carbocycles. The number of hydrogen-bond donors (Lipinski definition) is 0. The SMILES string of the molecule is C/[PH+]=C(C)/C(C)=[PH+]/C.[Cl][Pd][Cl]. The molecule has 0 nitrogen and oxygen atoms in total. The van der Waals surface area contributed by atoms with Gasteiger partial charge in [-0.1, -0.05) is 0 Å². The minimum absolute atomic E-state index is 0.106. The summed E-state index contributed by atoms with van der Waals surface area (Å²) in [6.07, 6.45) is 0. The van der Waals surface area contributed by atoms with Gasteiger partial charge in [-0.3, -0.25) is 0 Å². The van der Waals surface area contributed by atoms with Crippen molar-refractivity contribution in [2.45, 2.75) is 13.8 Å². The first kappa shape index (κ1) is 15.1. The van der Waals surface area contributed by atoms with Crippen molar-refractivity contribution >= 4 is 46.1 Å². The molecule has 0 radical (unpaired) electrons. The molecule has 0 aromatic rings. The molecule has 5 heteroatoms. The second kappa shape index (κ2) is 11.6. The molecular weight excluding hydrogens is 311 g/mol. The average Bonchev–Trinajstić information content (AvgIpc) is 2.03. The van der Waals surface area contributed by atoms with Crippen LogP contribution in [0.15, 0.2) is 0 Å². The molecule has 0 saturated carbocycles. The van der Waals surface area contributed by atoms with E-state index in [-0.39, 0.29) is 15.9 Å². The molecule has 0 heterocycles. The standard InChI is InChI=1S/C6H12P2.2ClH.Pd/c1-5(7-3)6(2)8-4;;;/h1-4H3;2*1H;/q;;;+2. The first-order valence-corrected chi connectivity index (χ1v) is 9.99. The van der Waals surface area contributed by atoms with E-state index in [0.29, 0.717) is 0 Å².